The van der Waals surface area contributed by atoms with E-state index >= 15 is 0 Å². The average Bonchev–Trinajstić information content (AvgIpc) is 3.13. The van der Waals surface area contributed by atoms with Gasteiger partial charge >= 0.3 is 11.9 Å². The maximum atomic E-state index is 12.1. The van der Waals surface area contributed by atoms with Crippen LogP contribution in [0.3, 0.4) is 0 Å². The summed E-state index contributed by atoms with van der Waals surface area (Å²) in [5.41, 5.74) is 1.50. The number of anilines is 1. The molecule has 296 valence electrons. The smallest absolute Gasteiger partial charge is 0.338 e. The summed E-state index contributed by atoms with van der Waals surface area (Å²) < 4.78 is 64.4. The number of carboxylic acid groups (broad SMARTS) is 1. The van der Waals surface area contributed by atoms with Crippen molar-refractivity contribution in [3.8, 4) is 0 Å². The highest BCUT2D eigenvalue weighted by Crippen LogP contribution is 2.11. The number of carbonyl (C=O) groups is 2. The molecule has 1 aromatic carbocycles. The van der Waals surface area contributed by atoms with Gasteiger partial charge in [-0.2, -0.15) is 0 Å². The van der Waals surface area contributed by atoms with Gasteiger partial charge in [0.15, 0.2) is 0 Å². The molecule has 1 rings (SSSR count). The Labute approximate surface area is 302 Å². The van der Waals surface area contributed by atoms with Crippen LogP contribution in [0.15, 0.2) is 24.3 Å². The van der Waals surface area contributed by atoms with Gasteiger partial charge in [-0.25, -0.2) is 9.59 Å². The first-order valence-electron chi connectivity index (χ1n) is 17.7. The van der Waals surface area contributed by atoms with Crippen molar-refractivity contribution in [1.82, 2.24) is 0 Å². The summed E-state index contributed by atoms with van der Waals surface area (Å²) in [6, 6.07) is 7.27. The molecule has 0 fully saturated rings. The molecule has 0 spiro atoms. The van der Waals surface area contributed by atoms with Gasteiger partial charge in [0.25, 0.3) is 0 Å². The summed E-state index contributed by atoms with van der Waals surface area (Å²) >= 11 is 0. The lowest BCUT2D eigenvalue weighted by atomic mass is 10.2. The summed E-state index contributed by atoms with van der Waals surface area (Å²) in [6.45, 7) is 12.0. The van der Waals surface area contributed by atoms with Crippen molar-refractivity contribution in [2.45, 2.75) is 19.8 Å². The Morgan fingerprint density at radius 1 is 0.490 bits per heavy atom. The number of nitrogens with one attached hydrogen (secondary N) is 1. The highest BCUT2D eigenvalue weighted by Gasteiger charge is 2.07. The van der Waals surface area contributed by atoms with Gasteiger partial charge in [0.2, 0.25) is 0 Å². The van der Waals surface area contributed by atoms with Crippen LogP contribution in [0.25, 0.3) is 0 Å². The molecule has 16 nitrogen and oxygen atoms in total. The maximum Gasteiger partial charge on any atom is 0.338 e. The van der Waals surface area contributed by atoms with Crippen molar-refractivity contribution in [2.24, 2.45) is 0 Å². The number of hydrogen-bond donors (Lipinski definition) is 2. The molecule has 0 aliphatic rings. The van der Waals surface area contributed by atoms with Crippen LogP contribution in [0.2, 0.25) is 0 Å². The average molecular weight is 736 g/mol. The molecule has 0 amide bonds. The molecule has 2 N–H and O–H groups in total. The van der Waals surface area contributed by atoms with Crippen molar-refractivity contribution in [1.29, 1.82) is 0 Å². The quantitative estimate of drug-likeness (QED) is 0.0741. The number of ether oxygens (including phenoxy) is 12. The van der Waals surface area contributed by atoms with Gasteiger partial charge in [-0.15, -0.1) is 0 Å². The molecule has 0 heterocycles. The van der Waals surface area contributed by atoms with Crippen molar-refractivity contribution in [3.63, 3.8) is 0 Å². The second kappa shape index (κ2) is 37.3. The van der Waals surface area contributed by atoms with E-state index in [1.807, 2.05) is 12.1 Å². The number of unbranched alkanes of at least 4 members (excludes halogenated alkanes) is 1. The topological polar surface area (TPSA) is 177 Å². The maximum absolute atomic E-state index is 12.1. The Morgan fingerprint density at radius 2 is 0.804 bits per heavy atom. The fraction of sp³-hybridized carbons (Fsp3) is 0.771. The zero-order chi connectivity index (χ0) is 36.7. The van der Waals surface area contributed by atoms with E-state index in [4.69, 9.17) is 61.9 Å². The second-order valence-electron chi connectivity index (χ2n) is 10.6. The summed E-state index contributed by atoms with van der Waals surface area (Å²) in [6.07, 6.45) is 2.23. The lowest BCUT2D eigenvalue weighted by Crippen LogP contribution is -2.16. The van der Waals surface area contributed by atoms with Crippen LogP contribution in [0, 0.1) is 0 Å². The molecule has 0 atom stereocenters. The van der Waals surface area contributed by atoms with Crippen LogP contribution >= 0.6 is 0 Å². The Kier molecular flexibility index (Phi) is 34.0. The summed E-state index contributed by atoms with van der Waals surface area (Å²) in [5.74, 6) is -1.37. The number of hydrogen-bond acceptors (Lipinski definition) is 15. The Morgan fingerprint density at radius 3 is 1.12 bits per heavy atom. The molecule has 51 heavy (non-hydrogen) atoms. The molecule has 0 aromatic heterocycles. The van der Waals surface area contributed by atoms with Crippen LogP contribution < -0.4 is 5.32 Å². The van der Waals surface area contributed by atoms with E-state index in [1.54, 1.807) is 12.1 Å². The van der Waals surface area contributed by atoms with E-state index in [0.717, 1.165) is 25.1 Å². The van der Waals surface area contributed by atoms with Gasteiger partial charge in [0.05, 0.1) is 144 Å². The first kappa shape index (κ1) is 46.5. The second-order valence-corrected chi connectivity index (χ2v) is 10.6. The molecule has 0 radical (unpaired) electrons. The van der Waals surface area contributed by atoms with Crippen molar-refractivity contribution in [3.05, 3.63) is 29.8 Å². The number of benzene rings is 1. The molecule has 0 aliphatic carbocycles. The SMILES string of the molecule is CCCCNc1ccc(C(=O)OCCOCCOCCOCCOCCOCCOCCOCCOCCOCCOCCOCC(=O)O)cc1. The van der Waals surface area contributed by atoms with Crippen LogP contribution in [-0.2, 0) is 61.6 Å². The minimum Gasteiger partial charge on any atom is -0.480 e. The lowest BCUT2D eigenvalue weighted by molar-refractivity contribution is -0.142. The molecule has 0 aliphatic heterocycles. The third-order valence-electron chi connectivity index (χ3n) is 6.39. The van der Waals surface area contributed by atoms with Crippen LogP contribution in [0.5, 0.6) is 0 Å². The standard InChI is InChI=1S/C35H61NO15/c1-2-3-8-36-33-6-4-32(5-7-33)35(39)51-30-29-49-26-25-47-22-21-45-18-17-43-14-13-41-10-9-40-11-12-42-15-16-44-19-20-46-23-24-48-27-28-50-31-34(37)38/h4-7,36H,2-3,8-31H2,1H3,(H,37,38). The molecule has 16 heteroatoms. The summed E-state index contributed by atoms with van der Waals surface area (Å²) in [7, 11) is 0. The van der Waals surface area contributed by atoms with Gasteiger partial charge in [-0.3, -0.25) is 0 Å². The van der Waals surface area contributed by atoms with Crippen LogP contribution in [0.4, 0.5) is 5.69 Å². The Hall–Kier alpha value is -2.48. The fourth-order valence-corrected chi connectivity index (χ4v) is 3.77. The molecule has 0 bridgehead atoms. The Balaban J connectivity index is 1.69. The summed E-state index contributed by atoms with van der Waals surface area (Å²) in [5, 5.41) is 11.7. The van der Waals surface area contributed by atoms with E-state index in [9.17, 15) is 9.59 Å². The molecule has 0 unspecified atom stereocenters. The fourth-order valence-electron chi connectivity index (χ4n) is 3.77. The Bertz CT molecular complexity index is 910. The predicted molar refractivity (Wildman–Crippen MR) is 187 cm³/mol. The van der Waals surface area contributed by atoms with Gasteiger partial charge in [0, 0.05) is 12.2 Å². The van der Waals surface area contributed by atoms with Crippen molar-refractivity contribution < 1.29 is 71.5 Å². The third-order valence-corrected chi connectivity index (χ3v) is 6.39. The zero-order valence-corrected chi connectivity index (χ0v) is 30.4. The minimum absolute atomic E-state index is 0.183. The van der Waals surface area contributed by atoms with E-state index < -0.39 is 5.97 Å². The van der Waals surface area contributed by atoms with Crippen molar-refractivity contribution >= 4 is 17.6 Å². The van der Waals surface area contributed by atoms with Crippen LogP contribution in [0.1, 0.15) is 30.1 Å². The number of aliphatic carboxylic acids is 1. The summed E-state index contributed by atoms with van der Waals surface area (Å²) in [4.78, 5) is 22.4. The van der Waals surface area contributed by atoms with Gasteiger partial charge in [-0.1, -0.05) is 13.3 Å². The molecular weight excluding hydrogens is 674 g/mol. The third kappa shape index (κ3) is 33.1. The van der Waals surface area contributed by atoms with Crippen molar-refractivity contribution in [2.75, 3.05) is 164 Å². The van der Waals surface area contributed by atoms with E-state index in [1.165, 1.54) is 0 Å². The molecule has 0 saturated heterocycles. The highest BCUT2D eigenvalue weighted by molar-refractivity contribution is 5.89. The van der Waals surface area contributed by atoms with Gasteiger partial charge in [-0.05, 0) is 30.7 Å². The highest BCUT2D eigenvalue weighted by atomic mass is 16.6. The number of carboxylic acids is 1. The first-order chi connectivity index (χ1) is 25.1. The molecular formula is C35H61NO15. The number of carbonyl (C=O) groups excluding carboxylic acids is 1. The largest absolute Gasteiger partial charge is 0.480 e. The van der Waals surface area contributed by atoms with E-state index in [-0.39, 0.29) is 25.8 Å². The van der Waals surface area contributed by atoms with E-state index in [2.05, 4.69) is 12.2 Å². The monoisotopic (exact) mass is 735 g/mol. The molecule has 0 saturated carbocycles. The van der Waals surface area contributed by atoms with Gasteiger partial charge in [0.1, 0.15) is 13.2 Å². The number of esters is 1. The minimum atomic E-state index is -1.000. The predicted octanol–water partition coefficient (Wildman–Crippen LogP) is 2.32. The zero-order valence-electron chi connectivity index (χ0n) is 30.4. The molecule has 1 aromatic rings. The van der Waals surface area contributed by atoms with E-state index in [0.29, 0.717) is 138 Å². The first-order valence-corrected chi connectivity index (χ1v) is 17.7. The number of rotatable bonds is 40. The lowest BCUT2D eigenvalue weighted by Gasteiger charge is -2.09. The van der Waals surface area contributed by atoms with Gasteiger partial charge < -0.3 is 67.3 Å². The normalized spacial score (nSPS) is 11.2. The van der Waals surface area contributed by atoms with Crippen LogP contribution in [-0.4, -0.2) is 176 Å².